The van der Waals surface area contributed by atoms with E-state index in [-0.39, 0.29) is 10.7 Å². The Morgan fingerprint density at radius 1 is 1.64 bits per heavy atom. The van der Waals surface area contributed by atoms with E-state index in [0.717, 1.165) is 12.8 Å². The molecule has 1 rings (SSSR count). The highest BCUT2D eigenvalue weighted by molar-refractivity contribution is 8.00. The number of thioether (sulfide) groups is 1. The number of hydrogen-bond acceptors (Lipinski definition) is 3. The lowest BCUT2D eigenvalue weighted by Gasteiger charge is -2.21. The summed E-state index contributed by atoms with van der Waals surface area (Å²) in [6.45, 7) is 1.78. The van der Waals surface area contributed by atoms with Crippen molar-refractivity contribution in [2.24, 2.45) is 5.92 Å². The summed E-state index contributed by atoms with van der Waals surface area (Å²) in [5.41, 5.74) is 0. The summed E-state index contributed by atoms with van der Waals surface area (Å²) in [5.74, 6) is -0.232. The fourth-order valence-corrected chi connectivity index (χ4v) is 2.23. The second-order valence-electron chi connectivity index (χ2n) is 3.13. The minimum atomic E-state index is -0.442. The van der Waals surface area contributed by atoms with Crippen LogP contribution in [0.2, 0.25) is 0 Å². The van der Waals surface area contributed by atoms with Crippen LogP contribution in [-0.4, -0.2) is 22.2 Å². The second kappa shape index (κ2) is 3.04. The molecule has 0 aromatic carbocycles. The summed E-state index contributed by atoms with van der Waals surface area (Å²) < 4.78 is 0.0230. The maximum atomic E-state index is 9.66. The maximum absolute atomic E-state index is 9.66. The zero-order valence-corrected chi connectivity index (χ0v) is 7.69. The van der Waals surface area contributed by atoms with E-state index in [1.807, 2.05) is 6.26 Å². The Bertz CT molecular complexity index is 183. The number of nitrogens with zero attached hydrogens (tertiary/aromatic N) is 1. The van der Waals surface area contributed by atoms with Gasteiger partial charge in [0.2, 0.25) is 0 Å². The molecule has 1 saturated carbocycles. The van der Waals surface area contributed by atoms with Gasteiger partial charge in [0.25, 0.3) is 0 Å². The van der Waals surface area contributed by atoms with Crippen molar-refractivity contribution in [2.75, 3.05) is 6.26 Å². The number of rotatable bonds is 3. The van der Waals surface area contributed by atoms with Gasteiger partial charge in [-0.2, -0.15) is 17.0 Å². The molecule has 0 saturated heterocycles. The first-order chi connectivity index (χ1) is 5.16. The zero-order chi connectivity index (χ0) is 8.48. The first-order valence-corrected chi connectivity index (χ1v) is 5.01. The van der Waals surface area contributed by atoms with E-state index in [1.165, 1.54) is 0 Å². The molecule has 0 heterocycles. The lowest BCUT2D eigenvalue weighted by Crippen LogP contribution is -2.30. The Hall–Kier alpha value is -0.200. The molecular formula is C8H13NOS. The van der Waals surface area contributed by atoms with Crippen LogP contribution >= 0.6 is 11.8 Å². The van der Waals surface area contributed by atoms with Gasteiger partial charge in [0.05, 0.1) is 18.1 Å². The molecule has 1 aliphatic carbocycles. The molecule has 3 heteroatoms. The standard InChI is InChI=1S/C8H13NOS/c1-6(5-9)7(10)8(11-2)3-4-8/h6-7,10H,3-4H2,1-2H3. The molecule has 2 nitrogen and oxygen atoms in total. The van der Waals surface area contributed by atoms with Gasteiger partial charge < -0.3 is 5.11 Å². The minimum absolute atomic E-state index is 0.0230. The summed E-state index contributed by atoms with van der Waals surface area (Å²) in [4.78, 5) is 0. The van der Waals surface area contributed by atoms with E-state index >= 15 is 0 Å². The summed E-state index contributed by atoms with van der Waals surface area (Å²) in [6, 6.07) is 2.08. The second-order valence-corrected chi connectivity index (χ2v) is 4.35. The maximum Gasteiger partial charge on any atom is 0.0841 e. The van der Waals surface area contributed by atoms with Crippen molar-refractivity contribution in [3.8, 4) is 6.07 Å². The van der Waals surface area contributed by atoms with Crippen molar-refractivity contribution in [1.29, 1.82) is 5.26 Å². The molecule has 2 atom stereocenters. The van der Waals surface area contributed by atoms with Gasteiger partial charge in [-0.25, -0.2) is 0 Å². The molecule has 2 unspecified atom stereocenters. The van der Waals surface area contributed by atoms with Crippen molar-refractivity contribution < 1.29 is 5.11 Å². The summed E-state index contributed by atoms with van der Waals surface area (Å²) >= 11 is 1.69. The highest BCUT2D eigenvalue weighted by Crippen LogP contribution is 2.51. The van der Waals surface area contributed by atoms with Crippen LogP contribution in [0.4, 0.5) is 0 Å². The smallest absolute Gasteiger partial charge is 0.0841 e. The van der Waals surface area contributed by atoms with Crippen molar-refractivity contribution in [3.05, 3.63) is 0 Å². The first-order valence-electron chi connectivity index (χ1n) is 3.79. The number of aliphatic hydroxyl groups is 1. The summed E-state index contributed by atoms with van der Waals surface area (Å²) in [7, 11) is 0. The van der Waals surface area contributed by atoms with E-state index in [9.17, 15) is 5.11 Å². The normalized spacial score (nSPS) is 25.3. The Kier molecular flexibility index (Phi) is 2.46. The fourth-order valence-electron chi connectivity index (χ4n) is 1.27. The molecule has 0 aromatic rings. The van der Waals surface area contributed by atoms with Crippen LogP contribution in [0.25, 0.3) is 0 Å². The van der Waals surface area contributed by atoms with E-state index in [0.29, 0.717) is 0 Å². The van der Waals surface area contributed by atoms with Crippen LogP contribution < -0.4 is 0 Å². The van der Waals surface area contributed by atoms with E-state index in [4.69, 9.17) is 5.26 Å². The van der Waals surface area contributed by atoms with Gasteiger partial charge in [0.15, 0.2) is 0 Å². The lowest BCUT2D eigenvalue weighted by atomic mass is 10.0. The van der Waals surface area contributed by atoms with Crippen LogP contribution in [0.15, 0.2) is 0 Å². The minimum Gasteiger partial charge on any atom is -0.390 e. The van der Waals surface area contributed by atoms with E-state index in [2.05, 4.69) is 6.07 Å². The Labute approximate surface area is 71.6 Å². The number of nitriles is 1. The Morgan fingerprint density at radius 2 is 2.18 bits per heavy atom. The van der Waals surface area contributed by atoms with Crippen LogP contribution in [-0.2, 0) is 0 Å². The Morgan fingerprint density at radius 3 is 2.45 bits per heavy atom. The largest absolute Gasteiger partial charge is 0.390 e. The number of hydrogen-bond donors (Lipinski definition) is 1. The summed E-state index contributed by atoms with van der Waals surface area (Å²) in [5, 5.41) is 18.2. The van der Waals surface area contributed by atoms with Gasteiger partial charge in [-0.15, -0.1) is 0 Å². The zero-order valence-electron chi connectivity index (χ0n) is 6.87. The highest BCUT2D eigenvalue weighted by atomic mass is 32.2. The third-order valence-electron chi connectivity index (χ3n) is 2.37. The van der Waals surface area contributed by atoms with Crippen molar-refractivity contribution in [3.63, 3.8) is 0 Å². The van der Waals surface area contributed by atoms with Gasteiger partial charge in [0.1, 0.15) is 0 Å². The molecule has 1 aliphatic rings. The van der Waals surface area contributed by atoms with Crippen LogP contribution in [0.1, 0.15) is 19.8 Å². The van der Waals surface area contributed by atoms with Gasteiger partial charge in [-0.05, 0) is 26.0 Å². The topological polar surface area (TPSA) is 44.0 Å². The van der Waals surface area contributed by atoms with Crippen LogP contribution in [0.3, 0.4) is 0 Å². The highest BCUT2D eigenvalue weighted by Gasteiger charge is 2.50. The Balaban J connectivity index is 2.54. The van der Waals surface area contributed by atoms with Crippen LogP contribution in [0.5, 0.6) is 0 Å². The molecule has 0 aromatic heterocycles. The molecule has 0 spiro atoms. The molecular weight excluding hydrogens is 158 g/mol. The van der Waals surface area contributed by atoms with E-state index < -0.39 is 6.10 Å². The quantitative estimate of drug-likeness (QED) is 0.698. The monoisotopic (exact) mass is 171 g/mol. The molecule has 11 heavy (non-hydrogen) atoms. The molecule has 1 fully saturated rings. The molecule has 1 N–H and O–H groups in total. The average Bonchev–Trinajstić information content (AvgIpc) is 2.82. The van der Waals surface area contributed by atoms with Crippen molar-refractivity contribution in [1.82, 2.24) is 0 Å². The first kappa shape index (κ1) is 8.89. The van der Waals surface area contributed by atoms with Gasteiger partial charge in [-0.3, -0.25) is 0 Å². The molecule has 0 bridgehead atoms. The average molecular weight is 171 g/mol. The predicted molar refractivity (Wildman–Crippen MR) is 46.3 cm³/mol. The van der Waals surface area contributed by atoms with Gasteiger partial charge in [0, 0.05) is 4.75 Å². The third kappa shape index (κ3) is 1.52. The fraction of sp³-hybridized carbons (Fsp3) is 0.875. The van der Waals surface area contributed by atoms with E-state index in [1.54, 1.807) is 18.7 Å². The molecule has 0 radical (unpaired) electrons. The SMILES string of the molecule is CSC1(C(O)C(C)C#N)CC1. The van der Waals surface area contributed by atoms with Crippen molar-refractivity contribution >= 4 is 11.8 Å². The van der Waals surface area contributed by atoms with Gasteiger partial charge >= 0.3 is 0 Å². The number of aliphatic hydroxyl groups excluding tert-OH is 1. The molecule has 0 amide bonds. The summed E-state index contributed by atoms with van der Waals surface area (Å²) in [6.07, 6.45) is 3.67. The molecule has 0 aliphatic heterocycles. The molecule has 62 valence electrons. The lowest BCUT2D eigenvalue weighted by molar-refractivity contribution is 0.130. The van der Waals surface area contributed by atoms with Crippen molar-refractivity contribution in [2.45, 2.75) is 30.6 Å². The third-order valence-corrected chi connectivity index (χ3v) is 3.83. The van der Waals surface area contributed by atoms with Gasteiger partial charge in [-0.1, -0.05) is 0 Å². The predicted octanol–water partition coefficient (Wildman–Crippen LogP) is 1.40. The van der Waals surface area contributed by atoms with Crippen LogP contribution in [0, 0.1) is 17.2 Å².